The van der Waals surface area contributed by atoms with E-state index >= 15 is 0 Å². The number of amides is 1. The van der Waals surface area contributed by atoms with Gasteiger partial charge in [-0.05, 0) is 37.5 Å². The van der Waals surface area contributed by atoms with E-state index in [9.17, 15) is 4.79 Å². The topological polar surface area (TPSA) is 32.3 Å². The smallest absolute Gasteiger partial charge is 0.257 e. The van der Waals surface area contributed by atoms with Crippen LogP contribution in [0.1, 0.15) is 24.8 Å². The number of rotatable bonds is 1. The van der Waals surface area contributed by atoms with Crippen LogP contribution in [0, 0.1) is 0 Å². The molecule has 0 aromatic heterocycles. The van der Waals surface area contributed by atoms with Crippen molar-refractivity contribution in [3.05, 3.63) is 34.4 Å². The predicted octanol–water partition coefficient (Wildman–Crippen LogP) is 3.23. The van der Waals surface area contributed by atoms with Crippen molar-refractivity contribution in [3.8, 4) is 0 Å². The van der Waals surface area contributed by atoms with E-state index in [1.165, 1.54) is 19.3 Å². The lowest BCUT2D eigenvalue weighted by molar-refractivity contribution is -0.110. The lowest BCUT2D eigenvalue weighted by Crippen LogP contribution is -2.25. The number of nitrogens with one attached hydrogen (secondary N) is 1. The molecule has 1 aromatic rings. The van der Waals surface area contributed by atoms with E-state index in [-0.39, 0.29) is 5.91 Å². The molecule has 0 saturated carbocycles. The second kappa shape index (κ2) is 4.76. The molecule has 3 nitrogen and oxygen atoms in total. The van der Waals surface area contributed by atoms with Crippen molar-refractivity contribution in [1.29, 1.82) is 0 Å². The second-order valence-corrected chi connectivity index (χ2v) is 5.70. The van der Waals surface area contributed by atoms with Gasteiger partial charge in [0.2, 0.25) is 0 Å². The summed E-state index contributed by atoms with van der Waals surface area (Å²) in [6.45, 7) is 2.11. The number of carbonyl (C=O) groups excluding carboxylic acids is 1. The minimum absolute atomic E-state index is 0.00803. The zero-order chi connectivity index (χ0) is 12.5. The number of piperidine rings is 1. The van der Waals surface area contributed by atoms with Gasteiger partial charge in [0, 0.05) is 35.0 Å². The van der Waals surface area contributed by atoms with Gasteiger partial charge in [-0.1, -0.05) is 15.9 Å². The van der Waals surface area contributed by atoms with Crippen LogP contribution in [0.4, 0.5) is 5.69 Å². The van der Waals surface area contributed by atoms with E-state index < -0.39 is 0 Å². The van der Waals surface area contributed by atoms with Crippen LogP contribution in [-0.2, 0) is 4.79 Å². The van der Waals surface area contributed by atoms with E-state index in [0.717, 1.165) is 34.4 Å². The summed E-state index contributed by atoms with van der Waals surface area (Å²) in [5, 5.41) is 2.91. The molecule has 94 valence electrons. The highest BCUT2D eigenvalue weighted by atomic mass is 79.9. The number of benzene rings is 1. The lowest BCUT2D eigenvalue weighted by atomic mass is 10.1. The highest BCUT2D eigenvalue weighted by molar-refractivity contribution is 9.10. The molecule has 1 aromatic carbocycles. The molecular formula is C14H15BrN2O. The molecule has 2 aliphatic heterocycles. The number of hydrogen-bond donors (Lipinski definition) is 1. The second-order valence-electron chi connectivity index (χ2n) is 4.78. The Bertz CT molecular complexity index is 519. The SMILES string of the molecule is O=C1Nc2ccc(Br)cc2/C1=C\N1CCCCC1. The number of hydrogen-bond acceptors (Lipinski definition) is 2. The van der Waals surface area contributed by atoms with Gasteiger partial charge in [0.25, 0.3) is 5.91 Å². The summed E-state index contributed by atoms with van der Waals surface area (Å²) in [7, 11) is 0. The van der Waals surface area contributed by atoms with Gasteiger partial charge in [0.15, 0.2) is 0 Å². The average molecular weight is 307 g/mol. The van der Waals surface area contributed by atoms with E-state index in [1.807, 2.05) is 24.4 Å². The maximum absolute atomic E-state index is 12.0. The van der Waals surface area contributed by atoms with Gasteiger partial charge in [-0.2, -0.15) is 0 Å². The van der Waals surface area contributed by atoms with Gasteiger partial charge in [0.1, 0.15) is 0 Å². The Morgan fingerprint density at radius 1 is 1.22 bits per heavy atom. The highest BCUT2D eigenvalue weighted by Gasteiger charge is 2.25. The van der Waals surface area contributed by atoms with Gasteiger partial charge in [0.05, 0.1) is 5.57 Å². The third-order valence-electron chi connectivity index (χ3n) is 3.47. The number of fused-ring (bicyclic) bond motifs is 1. The minimum Gasteiger partial charge on any atom is -0.377 e. The van der Waals surface area contributed by atoms with Crippen molar-refractivity contribution >= 4 is 33.1 Å². The van der Waals surface area contributed by atoms with Gasteiger partial charge in [-0.15, -0.1) is 0 Å². The standard InChI is InChI=1S/C14H15BrN2O/c15-10-4-5-13-11(8-10)12(14(18)16-13)9-17-6-2-1-3-7-17/h4-5,8-9H,1-3,6-7H2,(H,16,18)/b12-9+. The molecule has 0 atom stereocenters. The fraction of sp³-hybridized carbons (Fsp3) is 0.357. The normalized spacial score (nSPS) is 21.1. The first kappa shape index (κ1) is 11.8. The number of anilines is 1. The number of halogens is 1. The Kier molecular flexibility index (Phi) is 3.12. The van der Waals surface area contributed by atoms with Crippen molar-refractivity contribution in [2.24, 2.45) is 0 Å². The Balaban J connectivity index is 1.95. The Hall–Kier alpha value is -1.29. The van der Waals surface area contributed by atoms with Gasteiger partial charge in [-0.3, -0.25) is 4.79 Å². The quantitative estimate of drug-likeness (QED) is 0.808. The van der Waals surface area contributed by atoms with Crippen molar-refractivity contribution in [1.82, 2.24) is 4.90 Å². The Labute approximate surface area is 115 Å². The van der Waals surface area contributed by atoms with Crippen LogP contribution in [0.5, 0.6) is 0 Å². The minimum atomic E-state index is 0.00803. The van der Waals surface area contributed by atoms with Crippen LogP contribution >= 0.6 is 15.9 Å². The van der Waals surface area contributed by atoms with E-state index in [4.69, 9.17) is 0 Å². The van der Waals surface area contributed by atoms with Gasteiger partial charge in [-0.25, -0.2) is 0 Å². The summed E-state index contributed by atoms with van der Waals surface area (Å²) < 4.78 is 1.00. The molecule has 1 amide bonds. The lowest BCUT2D eigenvalue weighted by Gasteiger charge is -2.25. The molecule has 0 radical (unpaired) electrons. The maximum Gasteiger partial charge on any atom is 0.257 e. The molecule has 1 N–H and O–H groups in total. The number of nitrogens with zero attached hydrogens (tertiary/aromatic N) is 1. The molecule has 18 heavy (non-hydrogen) atoms. The van der Waals surface area contributed by atoms with Crippen LogP contribution in [0.25, 0.3) is 5.57 Å². The van der Waals surface area contributed by atoms with Crippen molar-refractivity contribution in [3.63, 3.8) is 0 Å². The molecule has 0 bridgehead atoms. The summed E-state index contributed by atoms with van der Waals surface area (Å²) in [4.78, 5) is 14.3. The first-order valence-electron chi connectivity index (χ1n) is 6.31. The molecule has 0 spiro atoms. The zero-order valence-electron chi connectivity index (χ0n) is 10.1. The highest BCUT2D eigenvalue weighted by Crippen LogP contribution is 2.34. The molecule has 1 saturated heterocycles. The molecule has 0 unspecified atom stereocenters. The first-order valence-corrected chi connectivity index (χ1v) is 7.10. The summed E-state index contributed by atoms with van der Waals surface area (Å²) in [6, 6.07) is 5.89. The first-order chi connectivity index (χ1) is 8.74. The Morgan fingerprint density at radius 3 is 2.78 bits per heavy atom. The summed E-state index contributed by atoms with van der Waals surface area (Å²) in [5.74, 6) is 0.00803. The van der Waals surface area contributed by atoms with E-state index in [2.05, 4.69) is 26.1 Å². The average Bonchev–Trinajstić information content (AvgIpc) is 2.67. The fourth-order valence-electron chi connectivity index (χ4n) is 2.52. The monoisotopic (exact) mass is 306 g/mol. The van der Waals surface area contributed by atoms with Crippen LogP contribution in [-0.4, -0.2) is 23.9 Å². The largest absolute Gasteiger partial charge is 0.377 e. The van der Waals surface area contributed by atoms with Crippen LogP contribution < -0.4 is 5.32 Å². The van der Waals surface area contributed by atoms with Gasteiger partial charge < -0.3 is 10.2 Å². The third kappa shape index (κ3) is 2.17. The fourth-order valence-corrected chi connectivity index (χ4v) is 2.88. The molecule has 2 aliphatic rings. The van der Waals surface area contributed by atoms with Gasteiger partial charge >= 0.3 is 0 Å². The maximum atomic E-state index is 12.0. The summed E-state index contributed by atoms with van der Waals surface area (Å²) in [6.07, 6.45) is 5.76. The molecule has 2 heterocycles. The Morgan fingerprint density at radius 2 is 2.00 bits per heavy atom. The third-order valence-corrected chi connectivity index (χ3v) is 3.96. The summed E-state index contributed by atoms with van der Waals surface area (Å²) >= 11 is 3.46. The van der Waals surface area contributed by atoms with E-state index in [0.29, 0.717) is 0 Å². The zero-order valence-corrected chi connectivity index (χ0v) is 11.7. The van der Waals surface area contributed by atoms with Crippen LogP contribution in [0.2, 0.25) is 0 Å². The predicted molar refractivity (Wildman–Crippen MR) is 76.2 cm³/mol. The molecule has 3 rings (SSSR count). The number of likely N-dealkylation sites (tertiary alicyclic amines) is 1. The van der Waals surface area contributed by atoms with E-state index in [1.54, 1.807) is 0 Å². The molecular weight excluding hydrogens is 292 g/mol. The van der Waals surface area contributed by atoms with Crippen molar-refractivity contribution in [2.75, 3.05) is 18.4 Å². The molecule has 4 heteroatoms. The van der Waals surface area contributed by atoms with Crippen LogP contribution in [0.15, 0.2) is 28.9 Å². The van der Waals surface area contributed by atoms with Crippen molar-refractivity contribution in [2.45, 2.75) is 19.3 Å². The molecule has 1 fully saturated rings. The van der Waals surface area contributed by atoms with Crippen LogP contribution in [0.3, 0.4) is 0 Å². The number of carbonyl (C=O) groups is 1. The molecule has 0 aliphatic carbocycles. The van der Waals surface area contributed by atoms with Crippen molar-refractivity contribution < 1.29 is 4.79 Å². The summed E-state index contributed by atoms with van der Waals surface area (Å²) in [5.41, 5.74) is 2.69.